The van der Waals surface area contributed by atoms with Gasteiger partial charge in [0.2, 0.25) is 0 Å². The Morgan fingerprint density at radius 3 is 2.87 bits per heavy atom. The Balaban J connectivity index is 1.61. The van der Waals surface area contributed by atoms with E-state index in [1.807, 2.05) is 30.3 Å². The quantitative estimate of drug-likeness (QED) is 0.737. The number of rotatable bonds is 5. The van der Waals surface area contributed by atoms with Gasteiger partial charge in [-0.05, 0) is 23.8 Å². The number of hydrogen-bond acceptors (Lipinski definition) is 5. The smallest absolute Gasteiger partial charge is 0.271 e. The number of hydrogen-bond donors (Lipinski definition) is 2. The molecule has 0 spiro atoms. The maximum Gasteiger partial charge on any atom is 0.271 e. The van der Waals surface area contributed by atoms with E-state index in [0.29, 0.717) is 22.4 Å². The molecule has 116 valence electrons. The van der Waals surface area contributed by atoms with Crippen LogP contribution >= 0.6 is 22.9 Å². The van der Waals surface area contributed by atoms with Crippen molar-refractivity contribution in [3.63, 3.8) is 0 Å². The van der Waals surface area contributed by atoms with Crippen LogP contribution in [0.15, 0.2) is 54.2 Å². The van der Waals surface area contributed by atoms with Crippen molar-refractivity contribution in [2.75, 3.05) is 5.32 Å². The van der Waals surface area contributed by atoms with Gasteiger partial charge in [-0.25, -0.2) is 4.98 Å². The second kappa shape index (κ2) is 7.21. The summed E-state index contributed by atoms with van der Waals surface area (Å²) in [4.78, 5) is 20.4. The molecule has 2 aromatic heterocycles. The van der Waals surface area contributed by atoms with Crippen molar-refractivity contribution in [2.24, 2.45) is 0 Å². The molecular weight excluding hydrogens is 332 g/mol. The molecule has 1 amide bonds. The summed E-state index contributed by atoms with van der Waals surface area (Å²) in [5, 5.41) is 8.90. The van der Waals surface area contributed by atoms with Gasteiger partial charge in [-0.3, -0.25) is 9.78 Å². The Morgan fingerprint density at radius 2 is 2.09 bits per heavy atom. The lowest BCUT2D eigenvalue weighted by atomic mass is 10.2. The molecule has 0 atom stereocenters. The topological polar surface area (TPSA) is 66.9 Å². The molecular formula is C16H13ClN4OS. The summed E-state index contributed by atoms with van der Waals surface area (Å²) >= 11 is 7.43. The SMILES string of the molecule is O=C(NCc1ccccc1Cl)c1csc(Nc2cccnc2)n1. The molecule has 1 aromatic carbocycles. The predicted molar refractivity (Wildman–Crippen MR) is 92.3 cm³/mol. The van der Waals surface area contributed by atoms with E-state index in [4.69, 9.17) is 11.6 Å². The highest BCUT2D eigenvalue weighted by Crippen LogP contribution is 2.20. The molecule has 3 rings (SSSR count). The Hall–Kier alpha value is -2.44. The van der Waals surface area contributed by atoms with Crippen LogP contribution in [0.2, 0.25) is 5.02 Å². The van der Waals surface area contributed by atoms with E-state index in [1.54, 1.807) is 23.8 Å². The maximum absolute atomic E-state index is 12.1. The lowest BCUT2D eigenvalue weighted by molar-refractivity contribution is 0.0946. The van der Waals surface area contributed by atoms with Gasteiger partial charge in [0.25, 0.3) is 5.91 Å². The highest BCUT2D eigenvalue weighted by atomic mass is 35.5. The molecule has 3 aromatic rings. The van der Waals surface area contributed by atoms with Crippen LogP contribution in [0.1, 0.15) is 16.1 Å². The molecule has 0 unspecified atom stereocenters. The third kappa shape index (κ3) is 4.06. The summed E-state index contributed by atoms with van der Waals surface area (Å²) in [7, 11) is 0. The molecule has 0 radical (unpaired) electrons. The van der Waals surface area contributed by atoms with Gasteiger partial charge in [-0.2, -0.15) is 0 Å². The Bertz CT molecular complexity index is 807. The number of pyridine rings is 1. The first-order chi connectivity index (χ1) is 11.2. The zero-order valence-electron chi connectivity index (χ0n) is 12.0. The number of carbonyl (C=O) groups is 1. The molecule has 5 nitrogen and oxygen atoms in total. The van der Waals surface area contributed by atoms with Crippen LogP contribution in [-0.4, -0.2) is 15.9 Å². The number of thiazole rings is 1. The summed E-state index contributed by atoms with van der Waals surface area (Å²) in [6, 6.07) is 11.1. The number of carbonyl (C=O) groups excluding carboxylic acids is 1. The van der Waals surface area contributed by atoms with Crippen molar-refractivity contribution in [3.05, 3.63) is 70.5 Å². The summed E-state index contributed by atoms with van der Waals surface area (Å²) < 4.78 is 0. The van der Waals surface area contributed by atoms with Gasteiger partial charge in [-0.15, -0.1) is 11.3 Å². The number of anilines is 2. The number of halogens is 1. The second-order valence-corrected chi connectivity index (χ2v) is 5.94. The molecule has 0 bridgehead atoms. The number of benzene rings is 1. The largest absolute Gasteiger partial charge is 0.347 e. The van der Waals surface area contributed by atoms with Crippen molar-refractivity contribution >= 4 is 39.7 Å². The van der Waals surface area contributed by atoms with Crippen molar-refractivity contribution < 1.29 is 4.79 Å². The Labute approximate surface area is 142 Å². The van der Waals surface area contributed by atoms with Crippen LogP contribution in [0.5, 0.6) is 0 Å². The average Bonchev–Trinajstić information content (AvgIpc) is 3.03. The first-order valence-corrected chi connectivity index (χ1v) is 8.12. The van der Waals surface area contributed by atoms with Gasteiger partial charge in [0.15, 0.2) is 5.13 Å². The third-order valence-corrected chi connectivity index (χ3v) is 4.17. The van der Waals surface area contributed by atoms with Crippen LogP contribution in [0.3, 0.4) is 0 Å². The van der Waals surface area contributed by atoms with Gasteiger partial charge in [-0.1, -0.05) is 29.8 Å². The molecule has 0 saturated heterocycles. The van der Waals surface area contributed by atoms with Gasteiger partial charge in [0, 0.05) is 23.1 Å². The Morgan fingerprint density at radius 1 is 1.22 bits per heavy atom. The van der Waals surface area contributed by atoms with Gasteiger partial charge in [0.1, 0.15) is 5.69 Å². The van der Waals surface area contributed by atoms with E-state index in [0.717, 1.165) is 11.3 Å². The van der Waals surface area contributed by atoms with E-state index in [2.05, 4.69) is 20.6 Å². The van der Waals surface area contributed by atoms with Crippen LogP contribution in [0.25, 0.3) is 0 Å². The fourth-order valence-electron chi connectivity index (χ4n) is 1.90. The lowest BCUT2D eigenvalue weighted by Crippen LogP contribution is -2.23. The fourth-order valence-corrected chi connectivity index (χ4v) is 2.82. The second-order valence-electron chi connectivity index (χ2n) is 4.68. The number of nitrogens with one attached hydrogen (secondary N) is 2. The summed E-state index contributed by atoms with van der Waals surface area (Å²) in [5.74, 6) is -0.236. The lowest BCUT2D eigenvalue weighted by Gasteiger charge is -2.05. The molecule has 0 aliphatic heterocycles. The third-order valence-electron chi connectivity index (χ3n) is 3.05. The first kappa shape index (κ1) is 15.5. The van der Waals surface area contributed by atoms with Crippen LogP contribution in [-0.2, 0) is 6.54 Å². The number of nitrogens with zero attached hydrogens (tertiary/aromatic N) is 2. The van der Waals surface area contributed by atoms with Crippen LogP contribution in [0, 0.1) is 0 Å². The molecule has 2 N–H and O–H groups in total. The van der Waals surface area contributed by atoms with Crippen molar-refractivity contribution in [2.45, 2.75) is 6.54 Å². The minimum Gasteiger partial charge on any atom is -0.347 e. The molecule has 0 aliphatic rings. The summed E-state index contributed by atoms with van der Waals surface area (Å²) in [6.45, 7) is 0.363. The van der Waals surface area contributed by atoms with E-state index >= 15 is 0 Å². The van der Waals surface area contributed by atoms with Crippen molar-refractivity contribution in [1.29, 1.82) is 0 Å². The van der Waals surface area contributed by atoms with E-state index in [9.17, 15) is 4.79 Å². The normalized spacial score (nSPS) is 10.3. The zero-order valence-corrected chi connectivity index (χ0v) is 13.6. The standard InChI is InChI=1S/C16H13ClN4OS/c17-13-6-2-1-4-11(13)8-19-15(22)14-10-23-16(21-14)20-12-5-3-7-18-9-12/h1-7,9-10H,8H2,(H,19,22)(H,20,21). The fraction of sp³-hybridized carbons (Fsp3) is 0.0625. The molecule has 7 heteroatoms. The molecule has 0 fully saturated rings. The monoisotopic (exact) mass is 344 g/mol. The highest BCUT2D eigenvalue weighted by Gasteiger charge is 2.11. The first-order valence-electron chi connectivity index (χ1n) is 6.86. The van der Waals surface area contributed by atoms with Crippen LogP contribution < -0.4 is 10.6 Å². The number of amides is 1. The van der Waals surface area contributed by atoms with Crippen LogP contribution in [0.4, 0.5) is 10.8 Å². The summed E-state index contributed by atoms with van der Waals surface area (Å²) in [5.41, 5.74) is 2.06. The zero-order chi connectivity index (χ0) is 16.1. The minimum absolute atomic E-state index is 0.236. The van der Waals surface area contributed by atoms with Crippen molar-refractivity contribution in [1.82, 2.24) is 15.3 Å². The van der Waals surface area contributed by atoms with E-state index < -0.39 is 0 Å². The van der Waals surface area contributed by atoms with Gasteiger partial charge >= 0.3 is 0 Å². The van der Waals surface area contributed by atoms with E-state index in [1.165, 1.54) is 11.3 Å². The maximum atomic E-state index is 12.1. The summed E-state index contributed by atoms with van der Waals surface area (Å²) in [6.07, 6.45) is 3.39. The molecule has 23 heavy (non-hydrogen) atoms. The average molecular weight is 345 g/mol. The van der Waals surface area contributed by atoms with E-state index in [-0.39, 0.29) is 5.91 Å². The number of aromatic nitrogens is 2. The highest BCUT2D eigenvalue weighted by molar-refractivity contribution is 7.14. The molecule has 0 aliphatic carbocycles. The Kier molecular flexibility index (Phi) is 4.85. The van der Waals surface area contributed by atoms with Gasteiger partial charge in [0.05, 0.1) is 11.9 Å². The minimum atomic E-state index is -0.236. The molecule has 0 saturated carbocycles. The predicted octanol–water partition coefficient (Wildman–Crippen LogP) is 3.87. The van der Waals surface area contributed by atoms with Gasteiger partial charge < -0.3 is 10.6 Å². The molecule has 2 heterocycles. The van der Waals surface area contributed by atoms with Crippen molar-refractivity contribution in [3.8, 4) is 0 Å².